The summed E-state index contributed by atoms with van der Waals surface area (Å²) >= 11 is 0. The molecule has 0 bridgehead atoms. The number of pyridine rings is 1. The van der Waals surface area contributed by atoms with Crippen LogP contribution in [0, 0.1) is 6.92 Å². The Kier molecular flexibility index (Phi) is 5.68. The topological polar surface area (TPSA) is 109 Å². The third kappa shape index (κ3) is 4.26. The Morgan fingerprint density at radius 1 is 1.24 bits per heavy atom. The van der Waals surface area contributed by atoms with Crippen LogP contribution in [-0.2, 0) is 13.5 Å². The lowest BCUT2D eigenvalue weighted by molar-refractivity contribution is 0.0718. The zero-order valence-electron chi connectivity index (χ0n) is 18.9. The van der Waals surface area contributed by atoms with Crippen molar-refractivity contribution in [1.82, 2.24) is 30.0 Å². The fraction of sp³-hybridized carbons (Fsp3) is 0.360. The van der Waals surface area contributed by atoms with Gasteiger partial charge < -0.3 is 15.4 Å². The molecule has 0 unspecified atom stereocenters. The second-order valence-electron chi connectivity index (χ2n) is 8.90. The van der Waals surface area contributed by atoms with Gasteiger partial charge in [0.05, 0.1) is 41.4 Å². The van der Waals surface area contributed by atoms with Crippen molar-refractivity contribution in [3.63, 3.8) is 0 Å². The van der Waals surface area contributed by atoms with Gasteiger partial charge in [-0.05, 0) is 55.0 Å². The van der Waals surface area contributed by atoms with Gasteiger partial charge in [-0.3, -0.25) is 14.5 Å². The van der Waals surface area contributed by atoms with Crippen molar-refractivity contribution >= 4 is 16.9 Å². The number of carbonyl (C=O) groups excluding carboxylic acids is 1. The molecule has 0 radical (unpaired) electrons. The minimum atomic E-state index is -0.494. The highest BCUT2D eigenvalue weighted by molar-refractivity contribution is 6.06. The molecule has 8 nitrogen and oxygen atoms in total. The summed E-state index contributed by atoms with van der Waals surface area (Å²) in [6.07, 6.45) is 10.9. The molecular weight excluding hydrogens is 416 g/mol. The van der Waals surface area contributed by atoms with E-state index in [4.69, 9.17) is 0 Å². The quantitative estimate of drug-likeness (QED) is 0.438. The first-order chi connectivity index (χ1) is 16.0. The highest BCUT2D eigenvalue weighted by Crippen LogP contribution is 2.27. The molecule has 0 saturated heterocycles. The number of aromatic amines is 1. The molecule has 3 aromatic heterocycles. The molecule has 1 fully saturated rings. The number of nitrogens with zero attached hydrogens (tertiary/aromatic N) is 4. The molecule has 33 heavy (non-hydrogen) atoms. The van der Waals surface area contributed by atoms with Crippen LogP contribution in [0.25, 0.3) is 22.3 Å². The summed E-state index contributed by atoms with van der Waals surface area (Å²) in [5, 5.41) is 17.5. The van der Waals surface area contributed by atoms with Crippen LogP contribution in [0.1, 0.15) is 52.7 Å². The number of aryl methyl sites for hydroxylation is 2. The molecule has 1 aliphatic rings. The van der Waals surface area contributed by atoms with Gasteiger partial charge in [-0.25, -0.2) is 4.98 Å². The summed E-state index contributed by atoms with van der Waals surface area (Å²) in [5.41, 5.74) is 7.06. The Hall–Kier alpha value is -3.52. The molecule has 170 valence electrons. The number of nitrogens with one attached hydrogen (secondary N) is 2. The third-order valence-corrected chi connectivity index (χ3v) is 6.58. The van der Waals surface area contributed by atoms with Crippen molar-refractivity contribution in [3.8, 4) is 11.3 Å². The van der Waals surface area contributed by atoms with Crippen LogP contribution in [0.4, 0.5) is 0 Å². The summed E-state index contributed by atoms with van der Waals surface area (Å²) in [6.45, 7) is 2.04. The van der Waals surface area contributed by atoms with Crippen LogP contribution in [0.2, 0.25) is 0 Å². The molecule has 1 aromatic carbocycles. The average molecular weight is 445 g/mol. The van der Waals surface area contributed by atoms with Gasteiger partial charge in [0.15, 0.2) is 0 Å². The van der Waals surface area contributed by atoms with Crippen LogP contribution < -0.4 is 5.32 Å². The molecule has 1 amide bonds. The Labute approximate surface area is 192 Å². The van der Waals surface area contributed by atoms with Gasteiger partial charge in [0.1, 0.15) is 5.52 Å². The Morgan fingerprint density at radius 3 is 2.82 bits per heavy atom. The van der Waals surface area contributed by atoms with Crippen LogP contribution in [0.15, 0.2) is 43.1 Å². The van der Waals surface area contributed by atoms with Gasteiger partial charge in [-0.15, -0.1) is 0 Å². The maximum atomic E-state index is 13.2. The van der Waals surface area contributed by atoms with E-state index in [-0.39, 0.29) is 11.9 Å². The molecular formula is C25H28N6O2. The number of aliphatic hydroxyl groups excluding tert-OH is 1. The van der Waals surface area contributed by atoms with Crippen molar-refractivity contribution < 1.29 is 9.90 Å². The van der Waals surface area contributed by atoms with E-state index in [1.54, 1.807) is 17.2 Å². The molecule has 2 atom stereocenters. The van der Waals surface area contributed by atoms with E-state index in [9.17, 15) is 9.90 Å². The smallest absolute Gasteiger partial charge is 0.253 e. The summed E-state index contributed by atoms with van der Waals surface area (Å²) in [7, 11) is 1.88. The van der Waals surface area contributed by atoms with Crippen LogP contribution in [-0.4, -0.2) is 47.9 Å². The van der Waals surface area contributed by atoms with Crippen molar-refractivity contribution in [2.45, 2.75) is 51.2 Å². The lowest BCUT2D eigenvalue weighted by atomic mass is 9.92. The Morgan fingerprint density at radius 2 is 2.09 bits per heavy atom. The van der Waals surface area contributed by atoms with E-state index in [0.717, 1.165) is 59.1 Å². The molecule has 8 heteroatoms. The second kappa shape index (κ2) is 8.78. The largest absolute Gasteiger partial charge is 0.391 e. The first-order valence-corrected chi connectivity index (χ1v) is 11.4. The number of rotatable bonds is 5. The maximum absolute atomic E-state index is 13.2. The fourth-order valence-corrected chi connectivity index (χ4v) is 4.65. The van der Waals surface area contributed by atoms with Gasteiger partial charge in [-0.2, -0.15) is 5.10 Å². The SMILES string of the molecule is Cc1c(Cc2ccc(-c3cnn(C)c3)nc2)cc(C(=O)N[C@@H]2CCCC[C@H]2O)c2nc[nH]c12. The Bertz CT molecular complexity index is 1290. The molecule has 0 spiro atoms. The summed E-state index contributed by atoms with van der Waals surface area (Å²) in [5.74, 6) is -0.190. The predicted octanol–water partition coefficient (Wildman–Crippen LogP) is 3.29. The Balaban J connectivity index is 1.42. The molecule has 3 heterocycles. The van der Waals surface area contributed by atoms with Gasteiger partial charge in [-0.1, -0.05) is 18.9 Å². The number of amides is 1. The number of aliphatic hydroxyl groups is 1. The maximum Gasteiger partial charge on any atom is 0.253 e. The van der Waals surface area contributed by atoms with Crippen molar-refractivity contribution in [2.24, 2.45) is 7.05 Å². The number of hydrogen-bond acceptors (Lipinski definition) is 5. The minimum Gasteiger partial charge on any atom is -0.391 e. The first-order valence-electron chi connectivity index (χ1n) is 11.4. The second-order valence-corrected chi connectivity index (χ2v) is 8.90. The fourth-order valence-electron chi connectivity index (χ4n) is 4.65. The predicted molar refractivity (Wildman–Crippen MR) is 126 cm³/mol. The zero-order chi connectivity index (χ0) is 22.9. The van der Waals surface area contributed by atoms with E-state index in [1.165, 1.54) is 0 Å². The van der Waals surface area contributed by atoms with Crippen LogP contribution in [0.3, 0.4) is 0 Å². The molecule has 1 aliphatic carbocycles. The number of benzene rings is 1. The van der Waals surface area contributed by atoms with E-state index in [1.807, 2.05) is 38.5 Å². The highest BCUT2D eigenvalue weighted by Gasteiger charge is 2.26. The molecule has 3 N–H and O–H groups in total. The third-order valence-electron chi connectivity index (χ3n) is 6.58. The molecule has 1 saturated carbocycles. The standard InChI is InChI=1S/C25H28N6O2/c1-15-17(9-16-7-8-20(26-11-16)18-12-29-31(2)13-18)10-19(24-23(15)27-14-28-24)25(33)30-21-5-3-4-6-22(21)32/h7-8,10-14,21-22,32H,3-6,9H2,1-2H3,(H,27,28)(H,30,33)/t21-,22-/m1/s1. The van der Waals surface area contributed by atoms with Crippen molar-refractivity contribution in [1.29, 1.82) is 0 Å². The minimum absolute atomic E-state index is 0.190. The summed E-state index contributed by atoms with van der Waals surface area (Å²) in [4.78, 5) is 25.4. The molecule has 5 rings (SSSR count). The van der Waals surface area contributed by atoms with Crippen molar-refractivity contribution in [2.75, 3.05) is 0 Å². The van der Waals surface area contributed by atoms with E-state index in [0.29, 0.717) is 17.5 Å². The monoisotopic (exact) mass is 444 g/mol. The van der Waals surface area contributed by atoms with E-state index >= 15 is 0 Å². The first kappa shape index (κ1) is 21.3. The van der Waals surface area contributed by atoms with Crippen LogP contribution in [0.5, 0.6) is 0 Å². The number of carbonyl (C=O) groups is 1. The van der Waals surface area contributed by atoms with E-state index < -0.39 is 6.10 Å². The summed E-state index contributed by atoms with van der Waals surface area (Å²) < 4.78 is 1.76. The molecule has 4 aromatic rings. The van der Waals surface area contributed by atoms with E-state index in [2.05, 4.69) is 31.4 Å². The van der Waals surface area contributed by atoms with Crippen LogP contribution >= 0.6 is 0 Å². The van der Waals surface area contributed by atoms with Crippen molar-refractivity contribution in [3.05, 3.63) is 65.4 Å². The van der Waals surface area contributed by atoms with Gasteiger partial charge in [0, 0.05) is 25.0 Å². The number of aromatic nitrogens is 5. The lowest BCUT2D eigenvalue weighted by Crippen LogP contribution is -2.45. The normalized spacial score (nSPS) is 18.5. The molecule has 0 aliphatic heterocycles. The lowest BCUT2D eigenvalue weighted by Gasteiger charge is -2.28. The number of H-pyrrole nitrogens is 1. The zero-order valence-corrected chi connectivity index (χ0v) is 18.9. The highest BCUT2D eigenvalue weighted by atomic mass is 16.3. The number of fused-ring (bicyclic) bond motifs is 1. The summed E-state index contributed by atoms with van der Waals surface area (Å²) in [6, 6.07) is 5.77. The van der Waals surface area contributed by atoms with Gasteiger partial charge >= 0.3 is 0 Å². The van der Waals surface area contributed by atoms with Gasteiger partial charge in [0.25, 0.3) is 5.91 Å². The average Bonchev–Trinajstić information content (AvgIpc) is 3.47. The number of imidazole rings is 1. The number of hydrogen-bond donors (Lipinski definition) is 3. The van der Waals surface area contributed by atoms with Gasteiger partial charge in [0.2, 0.25) is 0 Å².